The van der Waals surface area contributed by atoms with Crippen molar-refractivity contribution in [3.05, 3.63) is 109 Å². The Labute approximate surface area is 210 Å². The van der Waals surface area contributed by atoms with Crippen LogP contribution in [0.3, 0.4) is 0 Å². The Bertz CT molecular complexity index is 1590. The zero-order chi connectivity index (χ0) is 25.8. The van der Waals surface area contributed by atoms with Gasteiger partial charge in [-0.15, -0.1) is 0 Å². The Morgan fingerprint density at radius 3 is 2.42 bits per heavy atom. The summed E-state index contributed by atoms with van der Waals surface area (Å²) in [6.07, 6.45) is -4.64. The summed E-state index contributed by atoms with van der Waals surface area (Å²) < 4.78 is 51.5. The number of anilines is 1. The molecule has 0 saturated carbocycles. The van der Waals surface area contributed by atoms with Gasteiger partial charge in [0.1, 0.15) is 5.58 Å². The van der Waals surface area contributed by atoms with Crippen molar-refractivity contribution in [3.63, 3.8) is 0 Å². The topological polar surface area (TPSA) is 76.8 Å². The quantitative estimate of drug-likeness (QED) is 0.284. The third-order valence-corrected chi connectivity index (χ3v) is 6.42. The Hall–Kier alpha value is -3.92. The monoisotopic (exact) mass is 557 g/mol. The van der Waals surface area contributed by atoms with Crippen molar-refractivity contribution in [1.29, 1.82) is 0 Å². The SMILES string of the molecule is COC(=O)c1ccc(C2c3c(oc4ccc(Br)cc4c3=O)C(=O)N2c2cccc(C(F)(F)F)c2)cc1. The number of nitrogens with zero attached hydrogens (tertiary/aromatic N) is 1. The molecule has 6 nitrogen and oxygen atoms in total. The Morgan fingerprint density at radius 2 is 1.75 bits per heavy atom. The Morgan fingerprint density at radius 1 is 1.03 bits per heavy atom. The van der Waals surface area contributed by atoms with E-state index in [0.717, 1.165) is 17.0 Å². The number of methoxy groups -OCH3 is 1. The van der Waals surface area contributed by atoms with Crippen molar-refractivity contribution < 1.29 is 31.9 Å². The average molecular weight is 558 g/mol. The predicted octanol–water partition coefficient (Wildman–Crippen LogP) is 6.11. The van der Waals surface area contributed by atoms with Crippen molar-refractivity contribution in [2.45, 2.75) is 12.2 Å². The molecular formula is C26H15BrF3NO5. The smallest absolute Gasteiger partial charge is 0.416 e. The molecule has 0 saturated heterocycles. The van der Waals surface area contributed by atoms with Crippen LogP contribution in [0.2, 0.25) is 0 Å². The lowest BCUT2D eigenvalue weighted by Gasteiger charge is -2.26. The van der Waals surface area contributed by atoms with Gasteiger partial charge in [0.05, 0.1) is 35.2 Å². The van der Waals surface area contributed by atoms with Gasteiger partial charge in [-0.3, -0.25) is 14.5 Å². The Kier molecular flexibility index (Phi) is 5.71. The van der Waals surface area contributed by atoms with E-state index in [0.29, 0.717) is 10.0 Å². The molecule has 1 aromatic heterocycles. The van der Waals surface area contributed by atoms with Gasteiger partial charge >= 0.3 is 12.1 Å². The van der Waals surface area contributed by atoms with E-state index in [-0.39, 0.29) is 33.5 Å². The second-order valence-electron chi connectivity index (χ2n) is 8.05. The number of esters is 1. The number of carbonyl (C=O) groups excluding carboxylic acids is 2. The fourth-order valence-corrected chi connectivity index (χ4v) is 4.64. The standard InChI is InChI=1S/C26H15BrF3NO5/c1-35-25(34)14-7-5-13(6-8-14)21-20-22(32)18-12-16(27)9-10-19(18)36-23(20)24(33)31(21)17-4-2-3-15(11-17)26(28,29)30/h2-12,21H,1H3. The maximum absolute atomic E-state index is 13.6. The molecule has 3 aromatic carbocycles. The van der Waals surface area contributed by atoms with E-state index in [1.807, 2.05) is 0 Å². The molecule has 2 heterocycles. The summed E-state index contributed by atoms with van der Waals surface area (Å²) in [6.45, 7) is 0. The first-order valence-corrected chi connectivity index (χ1v) is 11.3. The fraction of sp³-hybridized carbons (Fsp3) is 0.115. The minimum atomic E-state index is -4.64. The van der Waals surface area contributed by atoms with E-state index in [9.17, 15) is 27.6 Å². The molecule has 4 aromatic rings. The number of fused-ring (bicyclic) bond motifs is 2. The zero-order valence-corrected chi connectivity index (χ0v) is 20.0. The predicted molar refractivity (Wildman–Crippen MR) is 128 cm³/mol. The van der Waals surface area contributed by atoms with Crippen LogP contribution in [0.15, 0.2) is 80.4 Å². The van der Waals surface area contributed by atoms with Crippen LogP contribution in [0, 0.1) is 0 Å². The number of hydrogen-bond acceptors (Lipinski definition) is 5. The second kappa shape index (κ2) is 8.63. The number of benzene rings is 3. The number of halogens is 4. The van der Waals surface area contributed by atoms with Gasteiger partial charge in [-0.2, -0.15) is 13.2 Å². The lowest BCUT2D eigenvalue weighted by molar-refractivity contribution is -0.137. The first-order chi connectivity index (χ1) is 17.1. The van der Waals surface area contributed by atoms with Crippen LogP contribution < -0.4 is 10.3 Å². The van der Waals surface area contributed by atoms with E-state index < -0.39 is 35.1 Å². The highest BCUT2D eigenvalue weighted by atomic mass is 79.9. The number of carbonyl (C=O) groups is 2. The van der Waals surface area contributed by atoms with Gasteiger partial charge in [-0.05, 0) is 54.1 Å². The molecule has 0 N–H and O–H groups in total. The van der Waals surface area contributed by atoms with E-state index >= 15 is 0 Å². The zero-order valence-electron chi connectivity index (χ0n) is 18.4. The average Bonchev–Trinajstić information content (AvgIpc) is 3.16. The highest BCUT2D eigenvalue weighted by molar-refractivity contribution is 9.10. The van der Waals surface area contributed by atoms with Crippen LogP contribution in [0.4, 0.5) is 18.9 Å². The van der Waals surface area contributed by atoms with Gasteiger partial charge in [-0.1, -0.05) is 34.1 Å². The van der Waals surface area contributed by atoms with Crippen LogP contribution in [-0.2, 0) is 10.9 Å². The molecule has 10 heteroatoms. The minimum absolute atomic E-state index is 0.00571. The molecule has 1 aliphatic rings. The summed E-state index contributed by atoms with van der Waals surface area (Å²) in [4.78, 5) is 40.2. The van der Waals surface area contributed by atoms with Gasteiger partial charge in [0, 0.05) is 10.2 Å². The molecule has 0 fully saturated rings. The number of alkyl halides is 3. The molecule has 5 rings (SSSR count). The van der Waals surface area contributed by atoms with Crippen LogP contribution in [-0.4, -0.2) is 19.0 Å². The van der Waals surface area contributed by atoms with E-state index in [4.69, 9.17) is 9.15 Å². The molecule has 1 amide bonds. The van der Waals surface area contributed by atoms with Crippen LogP contribution >= 0.6 is 15.9 Å². The van der Waals surface area contributed by atoms with Gasteiger partial charge in [-0.25, -0.2) is 4.79 Å². The molecule has 1 atom stereocenters. The van der Waals surface area contributed by atoms with Crippen molar-refractivity contribution >= 4 is 44.5 Å². The molecule has 0 aliphatic carbocycles. The van der Waals surface area contributed by atoms with Gasteiger partial charge in [0.15, 0.2) is 5.43 Å². The van der Waals surface area contributed by atoms with Crippen molar-refractivity contribution in [2.75, 3.05) is 12.0 Å². The van der Waals surface area contributed by atoms with Crippen molar-refractivity contribution in [3.8, 4) is 0 Å². The number of hydrogen-bond donors (Lipinski definition) is 0. The minimum Gasteiger partial charge on any atom is -0.465 e. The van der Waals surface area contributed by atoms with E-state index in [1.54, 1.807) is 12.1 Å². The third kappa shape index (κ3) is 3.87. The highest BCUT2D eigenvalue weighted by Crippen LogP contribution is 2.42. The van der Waals surface area contributed by atoms with Crippen molar-refractivity contribution in [2.24, 2.45) is 0 Å². The summed E-state index contributed by atoms with van der Waals surface area (Å²) in [5, 5.41) is 0.206. The molecule has 0 bridgehead atoms. The fourth-order valence-electron chi connectivity index (χ4n) is 4.28. The Balaban J connectivity index is 1.76. The van der Waals surface area contributed by atoms with E-state index in [1.165, 1.54) is 49.6 Å². The van der Waals surface area contributed by atoms with Crippen LogP contribution in [0.25, 0.3) is 11.0 Å². The summed E-state index contributed by atoms with van der Waals surface area (Å²) >= 11 is 3.31. The van der Waals surface area contributed by atoms with Gasteiger partial charge in [0.2, 0.25) is 5.76 Å². The summed E-state index contributed by atoms with van der Waals surface area (Å²) in [5.41, 5.74) is -0.711. The molecule has 0 spiro atoms. The largest absolute Gasteiger partial charge is 0.465 e. The first-order valence-electron chi connectivity index (χ1n) is 10.6. The second-order valence-corrected chi connectivity index (χ2v) is 8.97. The van der Waals surface area contributed by atoms with Gasteiger partial charge < -0.3 is 9.15 Å². The molecule has 36 heavy (non-hydrogen) atoms. The maximum atomic E-state index is 13.6. The number of ether oxygens (including phenoxy) is 1. The number of amides is 1. The number of rotatable bonds is 3. The summed E-state index contributed by atoms with van der Waals surface area (Å²) in [5.74, 6) is -1.60. The molecule has 1 aliphatic heterocycles. The maximum Gasteiger partial charge on any atom is 0.416 e. The summed E-state index contributed by atoms with van der Waals surface area (Å²) in [7, 11) is 1.23. The normalized spacial score (nSPS) is 15.3. The highest BCUT2D eigenvalue weighted by Gasteiger charge is 2.44. The van der Waals surface area contributed by atoms with Crippen molar-refractivity contribution in [1.82, 2.24) is 0 Å². The molecule has 1 unspecified atom stereocenters. The van der Waals surface area contributed by atoms with Crippen LogP contribution in [0.1, 0.15) is 43.6 Å². The molecule has 0 radical (unpaired) electrons. The summed E-state index contributed by atoms with van der Waals surface area (Å²) in [6, 6.07) is 13.9. The molecule has 182 valence electrons. The van der Waals surface area contributed by atoms with E-state index in [2.05, 4.69) is 15.9 Å². The van der Waals surface area contributed by atoms with Crippen LogP contribution in [0.5, 0.6) is 0 Å². The lowest BCUT2D eigenvalue weighted by atomic mass is 9.97. The van der Waals surface area contributed by atoms with Gasteiger partial charge in [0.25, 0.3) is 5.91 Å². The third-order valence-electron chi connectivity index (χ3n) is 5.93. The lowest BCUT2D eigenvalue weighted by Crippen LogP contribution is -2.29. The first kappa shape index (κ1) is 23.8. The molecular weight excluding hydrogens is 543 g/mol.